The van der Waals surface area contributed by atoms with Crippen molar-refractivity contribution < 1.29 is 24.0 Å². The summed E-state index contributed by atoms with van der Waals surface area (Å²) >= 11 is 0. The number of aromatic amines is 1. The summed E-state index contributed by atoms with van der Waals surface area (Å²) in [6.45, 7) is -0.638. The number of hydrogen-bond acceptors (Lipinski definition) is 6. The predicted molar refractivity (Wildman–Crippen MR) is 157 cm³/mol. The van der Waals surface area contributed by atoms with Crippen molar-refractivity contribution in [1.29, 1.82) is 0 Å². The number of nitro groups is 1. The van der Waals surface area contributed by atoms with Crippen LogP contribution in [0, 0.1) is 10.1 Å². The summed E-state index contributed by atoms with van der Waals surface area (Å²) in [6, 6.07) is 30.2. The van der Waals surface area contributed by atoms with Crippen LogP contribution >= 0.6 is 0 Å². The number of nitrogens with zero attached hydrogens (tertiary/aromatic N) is 1. The first-order chi connectivity index (χ1) is 20.4. The van der Waals surface area contributed by atoms with E-state index in [4.69, 9.17) is 4.74 Å². The normalized spacial score (nSPS) is 11.6. The number of amides is 1. The zero-order chi connectivity index (χ0) is 29.5. The van der Waals surface area contributed by atoms with Gasteiger partial charge in [0.05, 0.1) is 10.8 Å². The van der Waals surface area contributed by atoms with Gasteiger partial charge >= 0.3 is 5.97 Å². The van der Waals surface area contributed by atoms with E-state index in [1.807, 2.05) is 84.9 Å². The Morgan fingerprint density at radius 2 is 1.48 bits per heavy atom. The Bertz CT molecular complexity index is 1690. The van der Waals surface area contributed by atoms with Gasteiger partial charge in [-0.1, -0.05) is 91.0 Å². The Kier molecular flexibility index (Phi) is 8.48. The van der Waals surface area contributed by atoms with Crippen LogP contribution in [0.5, 0.6) is 0 Å². The van der Waals surface area contributed by atoms with Gasteiger partial charge in [0.2, 0.25) is 11.7 Å². The molecule has 1 amide bonds. The minimum absolute atomic E-state index is 0.0439. The molecule has 0 spiro atoms. The van der Waals surface area contributed by atoms with Crippen LogP contribution in [0.1, 0.15) is 33.0 Å². The molecule has 0 radical (unpaired) electrons. The third kappa shape index (κ3) is 6.42. The quantitative estimate of drug-likeness (QED) is 0.0966. The van der Waals surface area contributed by atoms with E-state index in [1.165, 1.54) is 18.2 Å². The number of aromatic nitrogens is 1. The molecule has 0 aliphatic rings. The number of benzene rings is 4. The van der Waals surface area contributed by atoms with Gasteiger partial charge in [0.1, 0.15) is 6.04 Å². The molecule has 0 bridgehead atoms. The fourth-order valence-corrected chi connectivity index (χ4v) is 4.87. The van der Waals surface area contributed by atoms with Crippen LogP contribution in [0.25, 0.3) is 10.9 Å². The lowest BCUT2D eigenvalue weighted by atomic mass is 9.90. The molecule has 0 saturated carbocycles. The molecule has 1 atom stereocenters. The second kappa shape index (κ2) is 12.7. The minimum Gasteiger partial charge on any atom is -0.456 e. The first-order valence-electron chi connectivity index (χ1n) is 13.3. The fraction of sp³-hybridized carbons (Fsp3) is 0.121. The summed E-state index contributed by atoms with van der Waals surface area (Å²) in [4.78, 5) is 53.7. The summed E-state index contributed by atoms with van der Waals surface area (Å²) in [5.41, 5.74) is 2.96. The molecule has 42 heavy (non-hydrogen) atoms. The summed E-state index contributed by atoms with van der Waals surface area (Å²) < 4.78 is 5.39. The summed E-state index contributed by atoms with van der Waals surface area (Å²) in [5, 5.41) is 14.9. The molecule has 210 valence electrons. The average Bonchev–Trinajstić information content (AvgIpc) is 3.43. The average molecular weight is 562 g/mol. The number of H-pyrrole nitrogens is 1. The zero-order valence-electron chi connectivity index (χ0n) is 22.4. The SMILES string of the molecule is O=C(COC(=O)[C@H](Cc1c[nH]c2ccccc12)NC(=O)C(c1ccccc1)c1ccccc1)c1cccc([N+](=O)[O-])c1. The lowest BCUT2D eigenvalue weighted by Gasteiger charge is -2.22. The minimum atomic E-state index is -1.12. The number of non-ortho nitro benzene ring substituents is 1. The molecule has 5 rings (SSSR count). The monoisotopic (exact) mass is 561 g/mol. The number of nitro benzene ring substituents is 1. The van der Waals surface area contributed by atoms with E-state index in [1.54, 1.807) is 6.20 Å². The lowest BCUT2D eigenvalue weighted by molar-refractivity contribution is -0.384. The molecule has 9 nitrogen and oxygen atoms in total. The Morgan fingerprint density at radius 1 is 0.833 bits per heavy atom. The molecule has 1 heterocycles. The number of hydrogen-bond donors (Lipinski definition) is 2. The van der Waals surface area contributed by atoms with Gasteiger partial charge in [-0.3, -0.25) is 19.7 Å². The number of ketones is 1. The van der Waals surface area contributed by atoms with Crippen molar-refractivity contribution in [3.8, 4) is 0 Å². The lowest BCUT2D eigenvalue weighted by Crippen LogP contribution is -2.45. The van der Waals surface area contributed by atoms with Crippen LogP contribution < -0.4 is 5.32 Å². The van der Waals surface area contributed by atoms with Gasteiger partial charge in [0.25, 0.3) is 5.69 Å². The van der Waals surface area contributed by atoms with Crippen LogP contribution in [0.4, 0.5) is 5.69 Å². The van der Waals surface area contributed by atoms with Crippen LogP contribution in [-0.2, 0) is 20.7 Å². The smallest absolute Gasteiger partial charge is 0.329 e. The number of rotatable bonds is 11. The molecule has 1 aromatic heterocycles. The van der Waals surface area contributed by atoms with Crippen LogP contribution in [0.15, 0.2) is 115 Å². The Morgan fingerprint density at radius 3 is 2.14 bits per heavy atom. The van der Waals surface area contributed by atoms with Crippen molar-refractivity contribution in [3.63, 3.8) is 0 Å². The van der Waals surface area contributed by atoms with Crippen molar-refractivity contribution in [2.24, 2.45) is 0 Å². The molecule has 5 aromatic rings. The topological polar surface area (TPSA) is 131 Å². The number of para-hydroxylation sites is 1. The van der Waals surface area contributed by atoms with Crippen molar-refractivity contribution >= 4 is 34.3 Å². The number of nitrogens with one attached hydrogen (secondary N) is 2. The van der Waals surface area contributed by atoms with E-state index >= 15 is 0 Å². The molecule has 0 fully saturated rings. The van der Waals surface area contributed by atoms with Gasteiger partial charge in [0, 0.05) is 41.2 Å². The zero-order valence-corrected chi connectivity index (χ0v) is 22.4. The first kappa shape index (κ1) is 28.0. The summed E-state index contributed by atoms with van der Waals surface area (Å²) in [6.07, 6.45) is 1.88. The van der Waals surface area contributed by atoms with Gasteiger partial charge in [-0.25, -0.2) is 4.79 Å². The van der Waals surface area contributed by atoms with E-state index in [0.717, 1.165) is 33.7 Å². The molecule has 0 unspecified atom stereocenters. The maximum absolute atomic E-state index is 13.9. The van der Waals surface area contributed by atoms with Gasteiger partial charge in [-0.15, -0.1) is 0 Å². The number of Topliss-reactive ketones (excluding diaryl/α,β-unsaturated/α-hetero) is 1. The Labute approximate surface area is 241 Å². The van der Waals surface area contributed by atoms with Gasteiger partial charge in [-0.2, -0.15) is 0 Å². The molecular weight excluding hydrogens is 534 g/mol. The predicted octanol–water partition coefficient (Wildman–Crippen LogP) is 5.36. The van der Waals surface area contributed by atoms with Crippen LogP contribution in [0.3, 0.4) is 0 Å². The molecular formula is C33H27N3O6. The van der Waals surface area contributed by atoms with E-state index in [2.05, 4.69) is 10.3 Å². The second-order valence-electron chi connectivity index (χ2n) is 9.72. The highest BCUT2D eigenvalue weighted by atomic mass is 16.6. The van der Waals surface area contributed by atoms with E-state index in [0.29, 0.717) is 0 Å². The van der Waals surface area contributed by atoms with Crippen molar-refractivity contribution in [1.82, 2.24) is 10.3 Å². The highest BCUT2D eigenvalue weighted by Gasteiger charge is 2.30. The van der Waals surface area contributed by atoms with Crippen molar-refractivity contribution in [2.75, 3.05) is 6.61 Å². The third-order valence-electron chi connectivity index (χ3n) is 6.95. The van der Waals surface area contributed by atoms with E-state index in [-0.39, 0.29) is 17.7 Å². The fourth-order valence-electron chi connectivity index (χ4n) is 4.87. The number of ether oxygens (including phenoxy) is 1. The Balaban J connectivity index is 1.40. The van der Waals surface area contributed by atoms with Gasteiger partial charge in [0.15, 0.2) is 6.61 Å². The van der Waals surface area contributed by atoms with Gasteiger partial charge < -0.3 is 15.0 Å². The molecule has 0 aliphatic carbocycles. The van der Waals surface area contributed by atoms with Crippen LogP contribution in [-0.4, -0.2) is 40.2 Å². The maximum Gasteiger partial charge on any atom is 0.329 e. The first-order valence-corrected chi connectivity index (χ1v) is 13.3. The van der Waals surface area contributed by atoms with Crippen molar-refractivity contribution in [2.45, 2.75) is 18.4 Å². The van der Waals surface area contributed by atoms with Crippen molar-refractivity contribution in [3.05, 3.63) is 148 Å². The molecule has 2 N–H and O–H groups in total. The number of carbonyl (C=O) groups excluding carboxylic acids is 3. The molecule has 0 aliphatic heterocycles. The molecule has 0 saturated heterocycles. The maximum atomic E-state index is 13.9. The van der Waals surface area contributed by atoms with E-state index < -0.39 is 41.1 Å². The number of esters is 1. The highest BCUT2D eigenvalue weighted by molar-refractivity contribution is 5.99. The van der Waals surface area contributed by atoms with E-state index in [9.17, 15) is 24.5 Å². The summed E-state index contributed by atoms with van der Waals surface area (Å²) in [5.74, 6) is -2.50. The highest BCUT2D eigenvalue weighted by Crippen LogP contribution is 2.26. The van der Waals surface area contributed by atoms with Gasteiger partial charge in [-0.05, 0) is 22.8 Å². The third-order valence-corrected chi connectivity index (χ3v) is 6.95. The van der Waals surface area contributed by atoms with Crippen LogP contribution in [0.2, 0.25) is 0 Å². The molecule has 4 aromatic carbocycles. The largest absolute Gasteiger partial charge is 0.456 e. The second-order valence-corrected chi connectivity index (χ2v) is 9.72. The number of fused-ring (bicyclic) bond motifs is 1. The number of carbonyl (C=O) groups is 3. The standard InChI is InChI=1S/C33H27N3O6/c37-30(24-14-9-15-26(18-24)36(40)41)21-42-33(39)29(19-25-20-34-28-17-8-7-16-27(25)28)35-32(38)31(22-10-3-1-4-11-22)23-12-5-2-6-13-23/h1-18,20,29,31,34H,19,21H2,(H,35,38)/t29-/m0/s1. The molecule has 9 heteroatoms. The Hall–Kier alpha value is -5.57. The summed E-state index contributed by atoms with van der Waals surface area (Å²) in [7, 11) is 0.